The number of thiophene rings is 1. The van der Waals surface area contributed by atoms with Crippen molar-refractivity contribution in [2.45, 2.75) is 6.92 Å². The molecule has 0 aliphatic rings. The van der Waals surface area contributed by atoms with Gasteiger partial charge in [0.15, 0.2) is 5.82 Å². The lowest BCUT2D eigenvalue weighted by Gasteiger charge is -2.06. The van der Waals surface area contributed by atoms with Gasteiger partial charge in [-0.05, 0) is 42.1 Å². The van der Waals surface area contributed by atoms with Crippen molar-refractivity contribution in [3.8, 4) is 0 Å². The first kappa shape index (κ1) is 15.2. The maximum absolute atomic E-state index is 11.3. The van der Waals surface area contributed by atoms with Gasteiger partial charge in [-0.1, -0.05) is 12.1 Å². The summed E-state index contributed by atoms with van der Waals surface area (Å²) in [7, 11) is 0. The van der Waals surface area contributed by atoms with Gasteiger partial charge in [0.25, 0.3) is 0 Å². The van der Waals surface area contributed by atoms with Crippen LogP contribution in [0.25, 0.3) is 16.3 Å². The number of hydrogen-bond donors (Lipinski definition) is 1. The van der Waals surface area contributed by atoms with E-state index in [9.17, 15) is 4.79 Å². The van der Waals surface area contributed by atoms with Crippen molar-refractivity contribution in [1.29, 1.82) is 0 Å². The van der Waals surface area contributed by atoms with Crippen LogP contribution in [0, 0.1) is 0 Å². The molecule has 6 heteroatoms. The highest BCUT2D eigenvalue weighted by Gasteiger charge is 2.05. The van der Waals surface area contributed by atoms with Gasteiger partial charge >= 0.3 is 5.97 Å². The normalized spacial score (nSPS) is 11.0. The number of fused-ring (bicyclic) bond motifs is 1. The van der Waals surface area contributed by atoms with Crippen molar-refractivity contribution in [2.24, 2.45) is 0 Å². The number of carbonyl (C=O) groups is 1. The van der Waals surface area contributed by atoms with Crippen LogP contribution in [0.2, 0.25) is 0 Å². The Morgan fingerprint density at radius 2 is 2.09 bits per heavy atom. The molecule has 0 aliphatic carbocycles. The van der Waals surface area contributed by atoms with Gasteiger partial charge in [-0.2, -0.15) is 0 Å². The third kappa shape index (κ3) is 3.73. The summed E-state index contributed by atoms with van der Waals surface area (Å²) in [6, 6.07) is 9.69. The molecule has 0 bridgehead atoms. The number of anilines is 2. The highest BCUT2D eigenvalue weighted by Crippen LogP contribution is 2.27. The van der Waals surface area contributed by atoms with Gasteiger partial charge in [0.05, 0.1) is 16.8 Å². The van der Waals surface area contributed by atoms with E-state index >= 15 is 0 Å². The van der Waals surface area contributed by atoms with Crippen molar-refractivity contribution < 1.29 is 9.53 Å². The van der Waals surface area contributed by atoms with Gasteiger partial charge in [-0.25, -0.2) is 14.8 Å². The highest BCUT2D eigenvalue weighted by atomic mass is 32.1. The van der Waals surface area contributed by atoms with E-state index in [2.05, 4.69) is 15.3 Å². The Labute approximate surface area is 137 Å². The van der Waals surface area contributed by atoms with Crippen LogP contribution in [-0.2, 0) is 9.53 Å². The number of esters is 1. The van der Waals surface area contributed by atoms with Crippen molar-refractivity contribution in [1.82, 2.24) is 9.97 Å². The van der Waals surface area contributed by atoms with Gasteiger partial charge in [0.1, 0.15) is 6.33 Å². The molecule has 0 radical (unpaired) electrons. The van der Waals surface area contributed by atoms with Crippen molar-refractivity contribution >= 4 is 45.1 Å². The minimum Gasteiger partial charge on any atom is -0.463 e. The van der Waals surface area contributed by atoms with Crippen LogP contribution in [-0.4, -0.2) is 22.5 Å². The zero-order valence-electron chi connectivity index (χ0n) is 12.5. The summed E-state index contributed by atoms with van der Waals surface area (Å²) in [4.78, 5) is 19.8. The van der Waals surface area contributed by atoms with E-state index in [1.54, 1.807) is 30.7 Å². The third-order valence-corrected chi connectivity index (χ3v) is 4.03. The van der Waals surface area contributed by atoms with Crippen LogP contribution in [0.3, 0.4) is 0 Å². The molecule has 0 atom stereocenters. The zero-order valence-corrected chi connectivity index (χ0v) is 13.3. The van der Waals surface area contributed by atoms with E-state index in [4.69, 9.17) is 4.74 Å². The number of carbonyl (C=O) groups excluding carboxylic acids is 1. The molecule has 0 saturated carbocycles. The molecule has 2 aromatic heterocycles. The lowest BCUT2D eigenvalue weighted by Crippen LogP contribution is -1.98. The number of ether oxygens (including phenoxy) is 1. The Morgan fingerprint density at radius 3 is 2.87 bits per heavy atom. The van der Waals surface area contributed by atoms with Gasteiger partial charge < -0.3 is 10.1 Å². The molecule has 116 valence electrons. The van der Waals surface area contributed by atoms with E-state index < -0.39 is 0 Å². The topological polar surface area (TPSA) is 64.1 Å². The average molecular weight is 325 g/mol. The Bertz CT molecular complexity index is 840. The fraction of sp³-hybridized carbons (Fsp3) is 0.118. The van der Waals surface area contributed by atoms with Crippen molar-refractivity contribution in [3.05, 3.63) is 53.7 Å². The van der Waals surface area contributed by atoms with E-state index in [0.29, 0.717) is 6.61 Å². The third-order valence-electron chi connectivity index (χ3n) is 3.12. The maximum Gasteiger partial charge on any atom is 0.330 e. The Balaban J connectivity index is 1.73. The van der Waals surface area contributed by atoms with Crippen LogP contribution >= 0.6 is 11.3 Å². The minimum atomic E-state index is -0.337. The summed E-state index contributed by atoms with van der Waals surface area (Å²) < 4.78 is 5.88. The minimum absolute atomic E-state index is 0.337. The standard InChI is InChI=1S/C17H15N3O2S/c1-2-22-15(21)8-5-12-3-6-13(7-4-12)20-17-16-14(9-10-23-16)18-11-19-17/h3-11H,2H2,1H3,(H,18,19,20). The van der Waals surface area contributed by atoms with Crippen LogP contribution in [0.1, 0.15) is 12.5 Å². The van der Waals surface area contributed by atoms with E-state index in [1.807, 2.05) is 35.7 Å². The quantitative estimate of drug-likeness (QED) is 0.567. The smallest absolute Gasteiger partial charge is 0.330 e. The van der Waals surface area contributed by atoms with Gasteiger partial charge in [-0.15, -0.1) is 11.3 Å². The fourth-order valence-corrected chi connectivity index (χ4v) is 2.84. The number of hydrogen-bond acceptors (Lipinski definition) is 6. The average Bonchev–Trinajstić information content (AvgIpc) is 3.04. The second-order valence-corrected chi connectivity index (χ2v) is 5.61. The number of aromatic nitrogens is 2. The number of benzene rings is 1. The van der Waals surface area contributed by atoms with Gasteiger partial charge in [0, 0.05) is 11.8 Å². The van der Waals surface area contributed by atoms with Crippen LogP contribution in [0.15, 0.2) is 48.1 Å². The number of rotatable bonds is 5. The molecule has 1 aromatic carbocycles. The summed E-state index contributed by atoms with van der Waals surface area (Å²) in [5, 5.41) is 5.28. The molecule has 3 aromatic rings. The Kier molecular flexibility index (Phi) is 4.63. The molecule has 23 heavy (non-hydrogen) atoms. The summed E-state index contributed by atoms with van der Waals surface area (Å²) in [6.45, 7) is 2.16. The molecular formula is C17H15N3O2S. The number of nitrogens with zero attached hydrogens (tertiary/aromatic N) is 2. The van der Waals surface area contributed by atoms with E-state index in [0.717, 1.165) is 27.3 Å². The first-order valence-corrected chi connectivity index (χ1v) is 8.04. The molecule has 3 rings (SSSR count). The Hall–Kier alpha value is -2.73. The van der Waals surface area contributed by atoms with Crippen LogP contribution < -0.4 is 5.32 Å². The molecule has 0 aliphatic heterocycles. The first-order valence-electron chi connectivity index (χ1n) is 7.16. The van der Waals surface area contributed by atoms with Gasteiger partial charge in [-0.3, -0.25) is 0 Å². The van der Waals surface area contributed by atoms with E-state index in [-0.39, 0.29) is 5.97 Å². The molecule has 0 saturated heterocycles. The monoisotopic (exact) mass is 325 g/mol. The lowest BCUT2D eigenvalue weighted by atomic mass is 10.2. The summed E-state index contributed by atoms with van der Waals surface area (Å²) >= 11 is 1.60. The molecule has 0 spiro atoms. The molecule has 0 fully saturated rings. The summed E-state index contributed by atoms with van der Waals surface area (Å²) in [5.74, 6) is 0.454. The predicted molar refractivity (Wildman–Crippen MR) is 92.8 cm³/mol. The van der Waals surface area contributed by atoms with Crippen molar-refractivity contribution in [3.63, 3.8) is 0 Å². The van der Waals surface area contributed by atoms with Gasteiger partial charge in [0.2, 0.25) is 0 Å². The second-order valence-electron chi connectivity index (χ2n) is 4.69. The number of nitrogens with one attached hydrogen (secondary N) is 1. The fourth-order valence-electron chi connectivity index (χ4n) is 2.05. The summed E-state index contributed by atoms with van der Waals surface area (Å²) in [6.07, 6.45) is 4.70. The maximum atomic E-state index is 11.3. The Morgan fingerprint density at radius 1 is 1.26 bits per heavy atom. The van der Waals surface area contributed by atoms with Crippen LogP contribution in [0.5, 0.6) is 0 Å². The van der Waals surface area contributed by atoms with Crippen molar-refractivity contribution in [2.75, 3.05) is 11.9 Å². The molecular weight excluding hydrogens is 310 g/mol. The molecule has 2 heterocycles. The van der Waals surface area contributed by atoms with Crippen LogP contribution in [0.4, 0.5) is 11.5 Å². The van der Waals surface area contributed by atoms with E-state index in [1.165, 1.54) is 6.08 Å². The highest BCUT2D eigenvalue weighted by molar-refractivity contribution is 7.17. The molecule has 0 amide bonds. The second kappa shape index (κ2) is 7.02. The SMILES string of the molecule is CCOC(=O)C=Cc1ccc(Nc2ncnc3ccsc23)cc1. The summed E-state index contributed by atoms with van der Waals surface area (Å²) in [5.41, 5.74) is 2.78. The first-order chi connectivity index (χ1) is 11.3. The molecule has 5 nitrogen and oxygen atoms in total. The predicted octanol–water partition coefficient (Wildman–Crippen LogP) is 4.01. The lowest BCUT2D eigenvalue weighted by molar-refractivity contribution is -0.137. The molecule has 0 unspecified atom stereocenters. The molecule has 1 N–H and O–H groups in total. The largest absolute Gasteiger partial charge is 0.463 e. The zero-order chi connectivity index (χ0) is 16.1.